The second kappa shape index (κ2) is 5.32. The van der Waals surface area contributed by atoms with Crippen molar-refractivity contribution in [2.24, 2.45) is 0 Å². The zero-order valence-corrected chi connectivity index (χ0v) is 6.78. The van der Waals surface area contributed by atoms with Gasteiger partial charge in [-0.1, -0.05) is 22.5 Å². The molecule has 0 aromatic heterocycles. The first-order valence-corrected chi connectivity index (χ1v) is 4.53. The molecule has 0 unspecified atom stereocenters. The molecule has 0 bridgehead atoms. The summed E-state index contributed by atoms with van der Waals surface area (Å²) in [5.41, 5.74) is 0. The average Bonchev–Trinajstić information content (AvgIpc) is 1.83. The Morgan fingerprint density at radius 1 is 1.75 bits per heavy atom. The summed E-state index contributed by atoms with van der Waals surface area (Å²) >= 11 is 3.95. The smallest absolute Gasteiger partial charge is 0.0781 e. The molecule has 3 heteroatoms. The van der Waals surface area contributed by atoms with Crippen molar-refractivity contribution in [2.75, 3.05) is 0 Å². The standard InChI is InChI=1S/C5H6S3/c1-3-5(8-6)7-4-2/h3,6H,1-2H2. The van der Waals surface area contributed by atoms with Gasteiger partial charge in [0, 0.05) is 0 Å². The monoisotopic (exact) mass is 162 g/mol. The minimum atomic E-state index is 1.00. The highest BCUT2D eigenvalue weighted by molar-refractivity contribution is 8.77. The third-order valence-electron chi connectivity index (χ3n) is 0.429. The van der Waals surface area contributed by atoms with E-state index in [1.165, 1.54) is 21.7 Å². The molecule has 0 nitrogen and oxygen atoms in total. The maximum absolute atomic E-state index is 3.95. The Balaban J connectivity index is 4.31. The van der Waals surface area contributed by atoms with Gasteiger partial charge >= 0.3 is 0 Å². The van der Waals surface area contributed by atoms with Crippen molar-refractivity contribution >= 4 is 42.6 Å². The van der Waals surface area contributed by atoms with Crippen LogP contribution in [0, 0.1) is 0 Å². The zero-order chi connectivity index (χ0) is 6.41. The Morgan fingerprint density at radius 2 is 2.38 bits per heavy atom. The van der Waals surface area contributed by atoms with Gasteiger partial charge in [-0.3, -0.25) is 0 Å². The molecule has 0 heterocycles. The third kappa shape index (κ3) is 3.22. The van der Waals surface area contributed by atoms with E-state index < -0.39 is 0 Å². The van der Waals surface area contributed by atoms with E-state index in [2.05, 4.69) is 29.8 Å². The molecule has 0 saturated carbocycles. The highest BCUT2D eigenvalue weighted by Gasteiger charge is 1.80. The minimum absolute atomic E-state index is 1.00. The molecule has 0 amide bonds. The number of hydrogen-bond donors (Lipinski definition) is 1. The summed E-state index contributed by atoms with van der Waals surface area (Å²) in [6, 6.07) is 0. The first-order chi connectivity index (χ1) is 3.85. The van der Waals surface area contributed by atoms with Crippen molar-refractivity contribution in [3.8, 4) is 0 Å². The van der Waals surface area contributed by atoms with Crippen LogP contribution in [0.25, 0.3) is 0 Å². The van der Waals surface area contributed by atoms with Gasteiger partial charge in [-0.05, 0) is 23.4 Å². The Morgan fingerprint density at radius 3 is 2.50 bits per heavy atom. The molecule has 0 rings (SSSR count). The van der Waals surface area contributed by atoms with Gasteiger partial charge in [0.15, 0.2) is 0 Å². The molecule has 0 saturated heterocycles. The molecule has 0 aromatic carbocycles. The van der Waals surface area contributed by atoms with Crippen LogP contribution in [0.2, 0.25) is 0 Å². The lowest BCUT2D eigenvalue weighted by Gasteiger charge is -1.81. The predicted molar refractivity (Wildman–Crippen MR) is 50.0 cm³/mol. The van der Waals surface area contributed by atoms with Crippen LogP contribution in [0.1, 0.15) is 0 Å². The highest BCUT2D eigenvalue weighted by atomic mass is 33.1. The number of thiol groups is 1. The lowest BCUT2D eigenvalue weighted by atomic mass is 10.8. The van der Waals surface area contributed by atoms with E-state index in [1.807, 2.05) is 0 Å². The SMILES string of the molecule is C=C=S=C(C=C)SS. The summed E-state index contributed by atoms with van der Waals surface area (Å²) in [7, 11) is 2.75. The topological polar surface area (TPSA) is 0 Å². The van der Waals surface area contributed by atoms with Crippen LogP contribution in [0.4, 0.5) is 0 Å². The molecular formula is C5H6S3. The molecular weight excluding hydrogens is 156 g/mol. The van der Waals surface area contributed by atoms with Crippen molar-refractivity contribution in [3.63, 3.8) is 0 Å². The molecule has 0 aliphatic carbocycles. The summed E-state index contributed by atoms with van der Waals surface area (Å²) in [6.45, 7) is 6.97. The summed E-state index contributed by atoms with van der Waals surface area (Å²) in [4.78, 5) is 0. The predicted octanol–water partition coefficient (Wildman–Crippen LogP) is 2.20. The van der Waals surface area contributed by atoms with Crippen LogP contribution in [-0.4, -0.2) is 9.22 Å². The second-order valence-electron chi connectivity index (χ2n) is 0.861. The van der Waals surface area contributed by atoms with Gasteiger partial charge in [0.2, 0.25) is 0 Å². The van der Waals surface area contributed by atoms with E-state index in [-0.39, 0.29) is 0 Å². The van der Waals surface area contributed by atoms with Gasteiger partial charge in [0.25, 0.3) is 0 Å². The summed E-state index contributed by atoms with van der Waals surface area (Å²) < 4.78 is 1.00. The molecule has 0 atom stereocenters. The molecule has 44 valence electrons. The van der Waals surface area contributed by atoms with Crippen molar-refractivity contribution in [2.45, 2.75) is 0 Å². The van der Waals surface area contributed by atoms with Crippen molar-refractivity contribution in [3.05, 3.63) is 19.2 Å². The Kier molecular flexibility index (Phi) is 5.44. The van der Waals surface area contributed by atoms with Crippen LogP contribution in [0.5, 0.6) is 0 Å². The van der Waals surface area contributed by atoms with Crippen LogP contribution in [-0.2, 0) is 0 Å². The third-order valence-corrected chi connectivity index (χ3v) is 2.75. The molecule has 8 heavy (non-hydrogen) atoms. The first kappa shape index (κ1) is 8.18. The summed E-state index contributed by atoms with van der Waals surface area (Å²) in [6.07, 6.45) is 1.72. The van der Waals surface area contributed by atoms with E-state index in [9.17, 15) is 0 Å². The molecule has 0 spiro atoms. The van der Waals surface area contributed by atoms with Crippen molar-refractivity contribution in [1.29, 1.82) is 0 Å². The lowest BCUT2D eigenvalue weighted by molar-refractivity contribution is 2.54. The molecule has 0 aromatic rings. The fourth-order valence-electron chi connectivity index (χ4n) is 0.169. The summed E-state index contributed by atoms with van der Waals surface area (Å²) in [5, 5.41) is 2.66. The largest absolute Gasteiger partial charge is 0.105 e. The molecule has 0 aliphatic rings. The fraction of sp³-hybridized carbons (Fsp3) is 0. The molecule has 0 aliphatic heterocycles. The van der Waals surface area contributed by atoms with Gasteiger partial charge in [0.1, 0.15) is 0 Å². The van der Waals surface area contributed by atoms with Gasteiger partial charge in [-0.25, -0.2) is 0 Å². The minimum Gasteiger partial charge on any atom is -0.105 e. The number of rotatable bonds is 1. The van der Waals surface area contributed by atoms with Crippen LogP contribution >= 0.6 is 33.4 Å². The van der Waals surface area contributed by atoms with Crippen molar-refractivity contribution in [1.82, 2.24) is 0 Å². The Hall–Kier alpha value is 0.180. The first-order valence-electron chi connectivity index (χ1n) is 1.85. The maximum Gasteiger partial charge on any atom is 0.0781 e. The lowest BCUT2D eigenvalue weighted by Crippen LogP contribution is -1.69. The van der Waals surface area contributed by atoms with Gasteiger partial charge in [0.05, 0.1) is 4.20 Å². The Labute approximate surface area is 62.0 Å². The molecule has 0 fully saturated rings. The molecule has 0 radical (unpaired) electrons. The average molecular weight is 162 g/mol. The van der Waals surface area contributed by atoms with Crippen LogP contribution in [0.15, 0.2) is 19.2 Å². The summed E-state index contributed by atoms with van der Waals surface area (Å²) in [5.74, 6) is 0. The maximum atomic E-state index is 3.95. The van der Waals surface area contributed by atoms with Gasteiger partial charge in [-0.15, -0.1) is 11.7 Å². The quantitative estimate of drug-likeness (QED) is 0.267. The molecule has 0 N–H and O–H groups in total. The van der Waals surface area contributed by atoms with E-state index in [0.717, 1.165) is 4.20 Å². The van der Waals surface area contributed by atoms with E-state index >= 15 is 0 Å². The van der Waals surface area contributed by atoms with Crippen LogP contribution < -0.4 is 0 Å². The van der Waals surface area contributed by atoms with Crippen LogP contribution in [0.3, 0.4) is 0 Å². The normalized spacial score (nSPS) is 7.12. The highest BCUT2D eigenvalue weighted by Crippen LogP contribution is 2.09. The number of hydrogen-bond acceptors (Lipinski definition) is 2. The van der Waals surface area contributed by atoms with Gasteiger partial charge in [-0.2, -0.15) is 0 Å². The van der Waals surface area contributed by atoms with E-state index in [1.54, 1.807) is 6.08 Å². The van der Waals surface area contributed by atoms with E-state index in [4.69, 9.17) is 0 Å². The fourth-order valence-corrected chi connectivity index (χ4v) is 1.35. The zero-order valence-electron chi connectivity index (χ0n) is 4.26. The van der Waals surface area contributed by atoms with Crippen molar-refractivity contribution < 1.29 is 0 Å². The Bertz CT molecular complexity index is 159. The van der Waals surface area contributed by atoms with E-state index in [0.29, 0.717) is 0 Å². The van der Waals surface area contributed by atoms with Gasteiger partial charge < -0.3 is 0 Å². The second-order valence-corrected chi connectivity index (χ2v) is 3.22.